The first-order valence-corrected chi connectivity index (χ1v) is 9.94. The SMILES string of the molecule is C=CCSc1ccccc1NC(=O)CSc1nnc(COC)n1CC=C. The predicted molar refractivity (Wildman–Crippen MR) is 108 cm³/mol. The van der Waals surface area contributed by atoms with Crippen LogP contribution in [0.15, 0.2) is 59.6 Å². The smallest absolute Gasteiger partial charge is 0.234 e. The molecule has 1 N–H and O–H groups in total. The van der Waals surface area contributed by atoms with Crippen LogP contribution in [0, 0.1) is 0 Å². The van der Waals surface area contributed by atoms with E-state index >= 15 is 0 Å². The Morgan fingerprint density at radius 2 is 2.08 bits per heavy atom. The Balaban J connectivity index is 1.99. The third kappa shape index (κ3) is 5.76. The van der Waals surface area contributed by atoms with E-state index in [4.69, 9.17) is 4.74 Å². The monoisotopic (exact) mass is 390 g/mol. The minimum atomic E-state index is -0.0944. The van der Waals surface area contributed by atoms with E-state index in [1.807, 2.05) is 34.9 Å². The Bertz CT molecular complexity index is 761. The number of ether oxygens (including phenoxy) is 1. The molecule has 0 aliphatic heterocycles. The first-order valence-electron chi connectivity index (χ1n) is 7.96. The maximum absolute atomic E-state index is 12.3. The average molecular weight is 391 g/mol. The zero-order chi connectivity index (χ0) is 18.8. The molecule has 0 atom stereocenters. The number of thioether (sulfide) groups is 2. The van der Waals surface area contributed by atoms with Crippen LogP contribution in [0.4, 0.5) is 5.69 Å². The van der Waals surface area contributed by atoms with Crippen molar-refractivity contribution in [2.45, 2.75) is 23.2 Å². The van der Waals surface area contributed by atoms with Crippen LogP contribution in [0.3, 0.4) is 0 Å². The molecule has 8 heteroatoms. The number of hydrogen-bond acceptors (Lipinski definition) is 6. The van der Waals surface area contributed by atoms with Gasteiger partial charge in [0, 0.05) is 24.3 Å². The largest absolute Gasteiger partial charge is 0.377 e. The van der Waals surface area contributed by atoms with Crippen molar-refractivity contribution in [2.75, 3.05) is 23.9 Å². The molecule has 0 saturated carbocycles. The van der Waals surface area contributed by atoms with Gasteiger partial charge in [-0.2, -0.15) is 0 Å². The lowest BCUT2D eigenvalue weighted by molar-refractivity contribution is -0.113. The van der Waals surface area contributed by atoms with Crippen molar-refractivity contribution in [1.29, 1.82) is 0 Å². The van der Waals surface area contributed by atoms with Gasteiger partial charge >= 0.3 is 0 Å². The highest BCUT2D eigenvalue weighted by Crippen LogP contribution is 2.27. The van der Waals surface area contributed by atoms with Crippen molar-refractivity contribution in [1.82, 2.24) is 14.8 Å². The Hall–Kier alpha value is -2.03. The number of methoxy groups -OCH3 is 1. The summed E-state index contributed by atoms with van der Waals surface area (Å²) in [5.74, 6) is 1.64. The third-order valence-electron chi connectivity index (χ3n) is 3.23. The van der Waals surface area contributed by atoms with Gasteiger partial charge in [0.25, 0.3) is 0 Å². The molecule has 0 unspecified atom stereocenters. The van der Waals surface area contributed by atoms with Gasteiger partial charge in [0.15, 0.2) is 11.0 Å². The van der Waals surface area contributed by atoms with E-state index in [9.17, 15) is 4.79 Å². The maximum Gasteiger partial charge on any atom is 0.234 e. The predicted octanol–water partition coefficient (Wildman–Crippen LogP) is 3.62. The number of para-hydroxylation sites is 1. The number of hydrogen-bond donors (Lipinski definition) is 1. The van der Waals surface area contributed by atoms with Crippen LogP contribution in [0.25, 0.3) is 0 Å². The number of rotatable bonds is 11. The molecule has 0 radical (unpaired) electrons. The van der Waals surface area contributed by atoms with Gasteiger partial charge in [-0.15, -0.1) is 35.1 Å². The van der Waals surface area contributed by atoms with E-state index in [0.29, 0.717) is 24.1 Å². The summed E-state index contributed by atoms with van der Waals surface area (Å²) in [4.78, 5) is 13.4. The molecule has 1 heterocycles. The Kier molecular flexibility index (Phi) is 8.46. The maximum atomic E-state index is 12.3. The van der Waals surface area contributed by atoms with Gasteiger partial charge in [0.05, 0.1) is 11.4 Å². The van der Waals surface area contributed by atoms with Crippen molar-refractivity contribution in [3.05, 3.63) is 55.4 Å². The number of amides is 1. The van der Waals surface area contributed by atoms with Gasteiger partial charge in [0.2, 0.25) is 5.91 Å². The van der Waals surface area contributed by atoms with E-state index < -0.39 is 0 Å². The molecular formula is C18H22N4O2S2. The normalized spacial score (nSPS) is 10.5. The minimum absolute atomic E-state index is 0.0944. The van der Waals surface area contributed by atoms with Crippen LogP contribution in [-0.4, -0.2) is 39.3 Å². The highest BCUT2D eigenvalue weighted by atomic mass is 32.2. The third-order valence-corrected chi connectivity index (χ3v) is 5.26. The second-order valence-corrected chi connectivity index (χ2v) is 7.17. The molecule has 6 nitrogen and oxygen atoms in total. The summed E-state index contributed by atoms with van der Waals surface area (Å²) in [5.41, 5.74) is 0.803. The Morgan fingerprint density at radius 1 is 1.27 bits per heavy atom. The van der Waals surface area contributed by atoms with Crippen LogP contribution in [0.2, 0.25) is 0 Å². The molecule has 26 heavy (non-hydrogen) atoms. The first kappa shape index (κ1) is 20.3. The zero-order valence-electron chi connectivity index (χ0n) is 14.7. The average Bonchev–Trinajstić information content (AvgIpc) is 3.02. The number of carbonyl (C=O) groups excluding carboxylic acids is 1. The number of aromatic nitrogens is 3. The molecule has 1 amide bonds. The topological polar surface area (TPSA) is 69.0 Å². The zero-order valence-corrected chi connectivity index (χ0v) is 16.3. The standard InChI is InChI=1S/C18H22N4O2S2/c1-4-10-22-16(12-24-3)20-21-18(22)26-13-17(23)19-14-8-6-7-9-15(14)25-11-5-2/h4-9H,1-2,10-13H2,3H3,(H,19,23). The lowest BCUT2D eigenvalue weighted by atomic mass is 10.3. The number of nitrogens with zero attached hydrogens (tertiary/aromatic N) is 3. The quantitative estimate of drug-likeness (QED) is 0.467. The van der Waals surface area contributed by atoms with Crippen LogP contribution in [-0.2, 0) is 22.7 Å². The summed E-state index contributed by atoms with van der Waals surface area (Å²) in [6, 6.07) is 7.73. The number of nitrogens with one attached hydrogen (secondary N) is 1. The summed E-state index contributed by atoms with van der Waals surface area (Å²) in [6.45, 7) is 8.40. The fraction of sp³-hybridized carbons (Fsp3) is 0.278. The van der Waals surface area contributed by atoms with Gasteiger partial charge in [-0.05, 0) is 12.1 Å². The first-order chi connectivity index (χ1) is 12.7. The van der Waals surface area contributed by atoms with Crippen molar-refractivity contribution < 1.29 is 9.53 Å². The second kappa shape index (κ2) is 10.8. The van der Waals surface area contributed by atoms with E-state index in [0.717, 1.165) is 16.3 Å². The van der Waals surface area contributed by atoms with E-state index in [-0.39, 0.29) is 11.7 Å². The molecule has 2 aromatic rings. The van der Waals surface area contributed by atoms with Crippen molar-refractivity contribution in [3.8, 4) is 0 Å². The number of benzene rings is 1. The van der Waals surface area contributed by atoms with Crippen molar-refractivity contribution in [2.24, 2.45) is 0 Å². The Morgan fingerprint density at radius 3 is 2.81 bits per heavy atom. The van der Waals surface area contributed by atoms with Crippen molar-refractivity contribution in [3.63, 3.8) is 0 Å². The van der Waals surface area contributed by atoms with Gasteiger partial charge in [-0.3, -0.25) is 4.79 Å². The summed E-state index contributed by atoms with van der Waals surface area (Å²) >= 11 is 2.97. The van der Waals surface area contributed by atoms with Crippen LogP contribution in [0.5, 0.6) is 0 Å². The lowest BCUT2D eigenvalue weighted by Crippen LogP contribution is -2.15. The molecule has 1 aromatic carbocycles. The molecule has 0 spiro atoms. The van der Waals surface area contributed by atoms with Crippen LogP contribution >= 0.6 is 23.5 Å². The molecule has 0 aliphatic carbocycles. The van der Waals surface area contributed by atoms with Gasteiger partial charge in [0.1, 0.15) is 6.61 Å². The molecule has 0 bridgehead atoms. The summed E-state index contributed by atoms with van der Waals surface area (Å²) in [7, 11) is 1.61. The van der Waals surface area contributed by atoms with E-state index in [2.05, 4.69) is 28.7 Å². The fourth-order valence-corrected chi connectivity index (χ4v) is 3.65. The second-order valence-electron chi connectivity index (χ2n) is 5.16. The highest BCUT2D eigenvalue weighted by molar-refractivity contribution is 8.00. The van der Waals surface area contributed by atoms with Gasteiger partial charge < -0.3 is 14.6 Å². The minimum Gasteiger partial charge on any atom is -0.377 e. The van der Waals surface area contributed by atoms with E-state index in [1.54, 1.807) is 24.9 Å². The number of anilines is 1. The van der Waals surface area contributed by atoms with Crippen LogP contribution in [0.1, 0.15) is 5.82 Å². The Labute approximate surface area is 162 Å². The molecular weight excluding hydrogens is 368 g/mol. The van der Waals surface area contributed by atoms with Crippen molar-refractivity contribution >= 4 is 35.1 Å². The molecule has 0 aliphatic rings. The summed E-state index contributed by atoms with van der Waals surface area (Å²) < 4.78 is 7.01. The molecule has 138 valence electrons. The van der Waals surface area contributed by atoms with Crippen LogP contribution < -0.4 is 5.32 Å². The number of carbonyl (C=O) groups is 1. The molecule has 1 aromatic heterocycles. The molecule has 2 rings (SSSR count). The fourth-order valence-electron chi connectivity index (χ4n) is 2.13. The molecule has 0 fully saturated rings. The summed E-state index contributed by atoms with van der Waals surface area (Å²) in [5, 5.41) is 11.9. The highest BCUT2D eigenvalue weighted by Gasteiger charge is 2.14. The van der Waals surface area contributed by atoms with Gasteiger partial charge in [-0.25, -0.2) is 0 Å². The lowest BCUT2D eigenvalue weighted by Gasteiger charge is -2.10. The number of allylic oxidation sites excluding steroid dienone is 1. The van der Waals surface area contributed by atoms with Gasteiger partial charge in [-0.1, -0.05) is 36.0 Å². The van der Waals surface area contributed by atoms with E-state index in [1.165, 1.54) is 11.8 Å². The summed E-state index contributed by atoms with van der Waals surface area (Å²) in [6.07, 6.45) is 3.60. The molecule has 0 saturated heterocycles.